The molecule has 0 saturated carbocycles. The van der Waals surface area contributed by atoms with Crippen LogP contribution in [0.3, 0.4) is 0 Å². The normalized spacial score (nSPS) is 13.5. The van der Waals surface area contributed by atoms with Crippen LogP contribution in [0.2, 0.25) is 0 Å². The van der Waals surface area contributed by atoms with Gasteiger partial charge in [-0.25, -0.2) is 4.98 Å². The second-order valence-corrected chi connectivity index (χ2v) is 8.37. The van der Waals surface area contributed by atoms with Gasteiger partial charge >= 0.3 is 6.18 Å². The molecule has 3 aromatic carbocycles. The monoisotopic (exact) mass is 481 g/mol. The van der Waals surface area contributed by atoms with Crippen molar-refractivity contribution >= 4 is 17.0 Å². The molecular weight excluding hydrogens is 455 g/mol. The van der Waals surface area contributed by atoms with E-state index in [4.69, 9.17) is 4.42 Å². The van der Waals surface area contributed by atoms with Crippen molar-refractivity contribution in [3.8, 4) is 0 Å². The Balaban J connectivity index is 1.63. The summed E-state index contributed by atoms with van der Waals surface area (Å²) < 4.78 is 44.5. The minimum absolute atomic E-state index is 0.188. The number of alkyl halides is 3. The van der Waals surface area contributed by atoms with E-state index in [-0.39, 0.29) is 11.9 Å². The van der Waals surface area contributed by atoms with Crippen molar-refractivity contribution in [3.63, 3.8) is 0 Å². The van der Waals surface area contributed by atoms with E-state index in [0.29, 0.717) is 24.3 Å². The molecule has 1 aromatic heterocycles. The Morgan fingerprint density at radius 3 is 2.37 bits per heavy atom. The summed E-state index contributed by atoms with van der Waals surface area (Å²) in [7, 11) is 1.58. The first-order valence-electron chi connectivity index (χ1n) is 11.3. The second kappa shape index (κ2) is 10.3. The molecule has 4 aromatic rings. The highest BCUT2D eigenvalue weighted by atomic mass is 19.4. The maximum absolute atomic E-state index is 12.9. The number of likely N-dealkylation sites (N-methyl/N-ethyl adjacent to an activating group) is 1. The van der Waals surface area contributed by atoms with Crippen LogP contribution in [0.25, 0.3) is 11.1 Å². The smallest absolute Gasteiger partial charge is 0.416 e. The zero-order valence-electron chi connectivity index (χ0n) is 19.4. The van der Waals surface area contributed by atoms with E-state index in [2.05, 4.69) is 15.6 Å². The number of hydrogen-bond donors (Lipinski definition) is 2. The summed E-state index contributed by atoms with van der Waals surface area (Å²) in [6, 6.07) is 19.3. The molecule has 0 bridgehead atoms. The van der Waals surface area contributed by atoms with E-state index in [1.54, 1.807) is 14.0 Å². The Morgan fingerprint density at radius 2 is 1.71 bits per heavy atom. The van der Waals surface area contributed by atoms with Gasteiger partial charge in [-0.15, -0.1) is 0 Å². The van der Waals surface area contributed by atoms with Crippen LogP contribution in [0.4, 0.5) is 13.2 Å². The maximum Gasteiger partial charge on any atom is 0.416 e. The first-order chi connectivity index (χ1) is 16.7. The van der Waals surface area contributed by atoms with Gasteiger partial charge in [0.15, 0.2) is 11.5 Å². The lowest BCUT2D eigenvalue weighted by Gasteiger charge is -2.26. The van der Waals surface area contributed by atoms with E-state index in [9.17, 15) is 18.0 Å². The summed E-state index contributed by atoms with van der Waals surface area (Å²) >= 11 is 0. The Kier molecular flexibility index (Phi) is 7.21. The molecule has 35 heavy (non-hydrogen) atoms. The number of halogens is 3. The minimum Gasteiger partial charge on any atom is -0.441 e. The van der Waals surface area contributed by atoms with Gasteiger partial charge in [0.05, 0.1) is 5.56 Å². The molecule has 0 unspecified atom stereocenters. The fourth-order valence-electron chi connectivity index (χ4n) is 4.11. The maximum atomic E-state index is 12.9. The average Bonchev–Trinajstić information content (AvgIpc) is 3.23. The van der Waals surface area contributed by atoms with Crippen molar-refractivity contribution in [1.29, 1.82) is 0 Å². The van der Waals surface area contributed by atoms with Crippen LogP contribution in [0.5, 0.6) is 0 Å². The van der Waals surface area contributed by atoms with E-state index in [1.807, 2.05) is 48.5 Å². The Morgan fingerprint density at radius 1 is 1.00 bits per heavy atom. The van der Waals surface area contributed by atoms with Gasteiger partial charge in [0.25, 0.3) is 0 Å². The zero-order valence-corrected chi connectivity index (χ0v) is 19.4. The van der Waals surface area contributed by atoms with Crippen molar-refractivity contribution in [1.82, 2.24) is 15.6 Å². The van der Waals surface area contributed by atoms with Crippen LogP contribution < -0.4 is 10.6 Å². The molecule has 0 saturated heterocycles. The van der Waals surface area contributed by atoms with Gasteiger partial charge in [0.1, 0.15) is 11.6 Å². The van der Waals surface area contributed by atoms with E-state index >= 15 is 0 Å². The third kappa shape index (κ3) is 5.89. The van der Waals surface area contributed by atoms with Gasteiger partial charge < -0.3 is 9.73 Å². The van der Waals surface area contributed by atoms with Crippen LogP contribution in [-0.4, -0.2) is 17.9 Å². The molecule has 2 N–H and O–H groups in total. The topological polar surface area (TPSA) is 67.2 Å². The second-order valence-electron chi connectivity index (χ2n) is 8.37. The highest BCUT2D eigenvalue weighted by molar-refractivity contribution is 5.83. The molecule has 1 amide bonds. The number of aryl methyl sites for hydroxylation is 2. The summed E-state index contributed by atoms with van der Waals surface area (Å²) in [6.45, 7) is 1.77. The van der Waals surface area contributed by atoms with Crippen molar-refractivity contribution < 1.29 is 22.4 Å². The highest BCUT2D eigenvalue weighted by Crippen LogP contribution is 2.31. The predicted octanol–water partition coefficient (Wildman–Crippen LogP) is 5.91. The molecule has 0 spiro atoms. The summed E-state index contributed by atoms with van der Waals surface area (Å²) in [5.74, 6) is 0.367. The zero-order chi connectivity index (χ0) is 25.0. The Bertz CT molecular complexity index is 1280. The van der Waals surface area contributed by atoms with Crippen molar-refractivity contribution in [2.75, 3.05) is 7.05 Å². The van der Waals surface area contributed by atoms with Crippen LogP contribution in [0, 0.1) is 6.92 Å². The molecule has 0 radical (unpaired) electrons. The van der Waals surface area contributed by atoms with Gasteiger partial charge in [-0.1, -0.05) is 48.5 Å². The van der Waals surface area contributed by atoms with Gasteiger partial charge in [0, 0.05) is 20.0 Å². The van der Waals surface area contributed by atoms with E-state index < -0.39 is 17.8 Å². The lowest BCUT2D eigenvalue weighted by atomic mass is 9.95. The molecule has 0 aliphatic heterocycles. The average molecular weight is 482 g/mol. The molecule has 8 heteroatoms. The van der Waals surface area contributed by atoms with Gasteiger partial charge in [-0.05, 0) is 53.8 Å². The fourth-order valence-corrected chi connectivity index (χ4v) is 4.11. The number of aromatic nitrogens is 1. The molecule has 182 valence electrons. The number of carbonyl (C=O) groups excluding carboxylic acids is 1. The number of fused-ring (bicyclic) bond motifs is 1. The standard InChI is InChI=1S/C27H26F3N3O2/c1-17-32-23-15-11-20(16-24(23)35-17)22(14-10-18-8-12-21(13-9-18)27(28,29)30)33-25(26(34)31-2)19-6-4-3-5-7-19/h3-9,11-13,15-16,22,25,33H,10,14H2,1-2H3,(H,31,34)/t22-,25-/m1/s1. The molecule has 0 aliphatic carbocycles. The van der Waals surface area contributed by atoms with Crippen LogP contribution >= 0.6 is 0 Å². The molecule has 0 fully saturated rings. The van der Waals surface area contributed by atoms with Gasteiger partial charge in [-0.3, -0.25) is 10.1 Å². The molecule has 5 nitrogen and oxygen atoms in total. The number of nitrogens with one attached hydrogen (secondary N) is 2. The molecular formula is C27H26F3N3O2. The first-order valence-corrected chi connectivity index (χ1v) is 11.3. The molecule has 4 rings (SSSR count). The number of oxazole rings is 1. The Hall–Kier alpha value is -3.65. The van der Waals surface area contributed by atoms with Crippen molar-refractivity contribution in [2.45, 2.75) is 38.0 Å². The fraction of sp³-hybridized carbons (Fsp3) is 0.259. The minimum atomic E-state index is -4.37. The van der Waals surface area contributed by atoms with Crippen LogP contribution in [0.1, 0.15) is 46.6 Å². The number of nitrogens with zero attached hydrogens (tertiary/aromatic N) is 1. The number of benzene rings is 3. The first kappa shape index (κ1) is 24.5. The number of hydrogen-bond acceptors (Lipinski definition) is 4. The third-order valence-corrected chi connectivity index (χ3v) is 5.93. The van der Waals surface area contributed by atoms with Gasteiger partial charge in [-0.2, -0.15) is 13.2 Å². The highest BCUT2D eigenvalue weighted by Gasteiger charge is 2.30. The lowest BCUT2D eigenvalue weighted by molar-refractivity contribution is -0.137. The molecule has 0 aliphatic rings. The van der Waals surface area contributed by atoms with Crippen molar-refractivity contribution in [2.24, 2.45) is 0 Å². The molecule has 1 heterocycles. The summed E-state index contributed by atoms with van der Waals surface area (Å²) in [5.41, 5.74) is 3.17. The van der Waals surface area contributed by atoms with E-state index in [0.717, 1.165) is 34.3 Å². The van der Waals surface area contributed by atoms with Crippen LogP contribution in [-0.2, 0) is 17.4 Å². The predicted molar refractivity (Wildman–Crippen MR) is 128 cm³/mol. The SMILES string of the molecule is CNC(=O)[C@H](N[C@H](CCc1ccc(C(F)(F)F)cc1)c1ccc2nc(C)oc2c1)c1ccccc1. The van der Waals surface area contributed by atoms with Gasteiger partial charge in [0.2, 0.25) is 5.91 Å². The lowest BCUT2D eigenvalue weighted by Crippen LogP contribution is -2.38. The number of carbonyl (C=O) groups is 1. The number of rotatable bonds is 8. The number of amides is 1. The van der Waals surface area contributed by atoms with E-state index in [1.165, 1.54) is 12.1 Å². The largest absolute Gasteiger partial charge is 0.441 e. The molecule has 2 atom stereocenters. The van der Waals surface area contributed by atoms with Crippen LogP contribution in [0.15, 0.2) is 77.2 Å². The summed E-state index contributed by atoms with van der Waals surface area (Å²) in [4.78, 5) is 17.1. The summed E-state index contributed by atoms with van der Waals surface area (Å²) in [5, 5.41) is 6.17. The van der Waals surface area contributed by atoms with Crippen molar-refractivity contribution in [3.05, 3.63) is 101 Å². The third-order valence-electron chi connectivity index (χ3n) is 5.93. The Labute approximate surface area is 201 Å². The summed E-state index contributed by atoms with van der Waals surface area (Å²) in [6.07, 6.45) is -3.31. The quantitative estimate of drug-likeness (QED) is 0.329.